The molecule has 88 valence electrons. The van der Waals surface area contributed by atoms with Gasteiger partial charge in [0.1, 0.15) is 5.69 Å². The molecule has 0 spiro atoms. The second-order valence-corrected chi connectivity index (χ2v) is 3.40. The van der Waals surface area contributed by atoms with E-state index in [1.54, 1.807) is 29.2 Å². The van der Waals surface area contributed by atoms with Crippen LogP contribution in [0.5, 0.6) is 0 Å². The van der Waals surface area contributed by atoms with Gasteiger partial charge in [0.15, 0.2) is 0 Å². The van der Waals surface area contributed by atoms with Crippen molar-refractivity contribution in [3.05, 3.63) is 36.4 Å². The molecule has 2 heterocycles. The van der Waals surface area contributed by atoms with E-state index < -0.39 is 0 Å². The molecule has 2 aromatic heterocycles. The van der Waals surface area contributed by atoms with Crippen LogP contribution < -0.4 is 11.1 Å². The third-order valence-electron chi connectivity index (χ3n) is 2.12. The highest BCUT2D eigenvalue weighted by Crippen LogP contribution is 2.00. The fraction of sp³-hybridized carbons (Fsp3) is 0.200. The van der Waals surface area contributed by atoms with Crippen molar-refractivity contribution >= 4 is 11.6 Å². The molecular formula is C10H12N6O. The molecule has 2 aromatic rings. The van der Waals surface area contributed by atoms with Gasteiger partial charge in [-0.2, -0.15) is 0 Å². The van der Waals surface area contributed by atoms with Gasteiger partial charge in [-0.1, -0.05) is 5.21 Å². The van der Waals surface area contributed by atoms with Crippen LogP contribution in [-0.4, -0.2) is 32.4 Å². The van der Waals surface area contributed by atoms with E-state index in [0.717, 1.165) is 0 Å². The molecule has 0 aromatic carbocycles. The molecule has 0 aliphatic heterocycles. The molecule has 0 aliphatic rings. The molecule has 0 saturated carbocycles. The lowest BCUT2D eigenvalue weighted by atomic mass is 10.3. The second-order valence-electron chi connectivity index (χ2n) is 3.40. The van der Waals surface area contributed by atoms with Crippen molar-refractivity contribution in [1.29, 1.82) is 0 Å². The maximum Gasteiger partial charge on any atom is 0.269 e. The molecule has 7 nitrogen and oxygen atoms in total. The van der Waals surface area contributed by atoms with Gasteiger partial charge in [0, 0.05) is 12.7 Å². The van der Waals surface area contributed by atoms with Gasteiger partial charge in [-0.05, 0) is 12.1 Å². The molecule has 7 heteroatoms. The molecule has 0 fully saturated rings. The van der Waals surface area contributed by atoms with Crippen molar-refractivity contribution < 1.29 is 4.79 Å². The van der Waals surface area contributed by atoms with Gasteiger partial charge >= 0.3 is 0 Å². The van der Waals surface area contributed by atoms with Crippen molar-refractivity contribution in [3.63, 3.8) is 0 Å². The molecule has 0 saturated heterocycles. The molecular weight excluding hydrogens is 220 g/mol. The Morgan fingerprint density at radius 3 is 3.00 bits per heavy atom. The lowest BCUT2D eigenvalue weighted by molar-refractivity contribution is 0.0947. The highest BCUT2D eigenvalue weighted by Gasteiger charge is 2.05. The predicted octanol–water partition coefficient (Wildman–Crippen LogP) is -0.315. The normalized spacial score (nSPS) is 10.1. The van der Waals surface area contributed by atoms with E-state index in [-0.39, 0.29) is 5.91 Å². The average Bonchev–Trinajstić information content (AvgIpc) is 2.83. The lowest BCUT2D eigenvalue weighted by Crippen LogP contribution is -2.28. The number of pyridine rings is 1. The number of hydrogen-bond donors (Lipinski definition) is 2. The minimum atomic E-state index is -0.231. The smallest absolute Gasteiger partial charge is 0.269 e. The zero-order chi connectivity index (χ0) is 12.1. The molecule has 0 bridgehead atoms. The van der Waals surface area contributed by atoms with E-state index in [9.17, 15) is 4.79 Å². The van der Waals surface area contributed by atoms with Gasteiger partial charge in [-0.15, -0.1) is 5.10 Å². The Bertz CT molecular complexity index is 478. The SMILES string of the molecule is Nc1ccc(C(=O)NCCn2ccnn2)nc1. The molecule has 3 N–H and O–H groups in total. The summed E-state index contributed by atoms with van der Waals surface area (Å²) in [5, 5.41) is 10.2. The van der Waals surface area contributed by atoms with Crippen molar-refractivity contribution in [3.8, 4) is 0 Å². The number of rotatable bonds is 4. The number of nitrogens with two attached hydrogens (primary N) is 1. The molecule has 0 radical (unpaired) electrons. The monoisotopic (exact) mass is 232 g/mol. The van der Waals surface area contributed by atoms with Crippen molar-refractivity contribution in [1.82, 2.24) is 25.3 Å². The van der Waals surface area contributed by atoms with Crippen LogP contribution in [0.2, 0.25) is 0 Å². The van der Waals surface area contributed by atoms with Gasteiger partial charge in [0.05, 0.1) is 24.6 Å². The fourth-order valence-electron chi connectivity index (χ4n) is 1.27. The van der Waals surface area contributed by atoms with Crippen LogP contribution in [0.25, 0.3) is 0 Å². The molecule has 17 heavy (non-hydrogen) atoms. The Kier molecular flexibility index (Phi) is 3.29. The number of amides is 1. The van der Waals surface area contributed by atoms with E-state index in [0.29, 0.717) is 24.5 Å². The fourth-order valence-corrected chi connectivity index (χ4v) is 1.27. The zero-order valence-electron chi connectivity index (χ0n) is 9.08. The maximum atomic E-state index is 11.6. The van der Waals surface area contributed by atoms with Crippen LogP contribution in [-0.2, 0) is 6.54 Å². The topological polar surface area (TPSA) is 98.7 Å². The Labute approximate surface area is 97.6 Å². The molecule has 0 atom stereocenters. The number of nitrogens with zero attached hydrogens (tertiary/aromatic N) is 4. The Balaban J connectivity index is 1.83. The number of carbonyl (C=O) groups is 1. The summed E-state index contributed by atoms with van der Waals surface area (Å²) in [5.74, 6) is -0.231. The second kappa shape index (κ2) is 5.06. The van der Waals surface area contributed by atoms with E-state index >= 15 is 0 Å². The quantitative estimate of drug-likeness (QED) is 0.753. The van der Waals surface area contributed by atoms with Crippen LogP contribution in [0, 0.1) is 0 Å². The number of carbonyl (C=O) groups excluding carboxylic acids is 1. The van der Waals surface area contributed by atoms with Crippen molar-refractivity contribution in [2.24, 2.45) is 0 Å². The first-order chi connectivity index (χ1) is 8.25. The van der Waals surface area contributed by atoms with E-state index in [1.165, 1.54) is 6.20 Å². The van der Waals surface area contributed by atoms with Crippen molar-refractivity contribution in [2.75, 3.05) is 12.3 Å². The highest BCUT2D eigenvalue weighted by molar-refractivity contribution is 5.92. The van der Waals surface area contributed by atoms with E-state index in [1.807, 2.05) is 0 Å². The summed E-state index contributed by atoms with van der Waals surface area (Å²) in [7, 11) is 0. The Morgan fingerprint density at radius 1 is 1.47 bits per heavy atom. The van der Waals surface area contributed by atoms with Crippen LogP contribution >= 0.6 is 0 Å². The number of nitrogens with one attached hydrogen (secondary N) is 1. The maximum absolute atomic E-state index is 11.6. The summed E-state index contributed by atoms with van der Waals surface area (Å²) in [6, 6.07) is 3.22. The van der Waals surface area contributed by atoms with Gasteiger partial charge in [0.25, 0.3) is 5.91 Å². The Hall–Kier alpha value is -2.44. The minimum Gasteiger partial charge on any atom is -0.397 e. The van der Waals surface area contributed by atoms with E-state index in [2.05, 4.69) is 20.6 Å². The highest BCUT2D eigenvalue weighted by atomic mass is 16.1. The first-order valence-corrected chi connectivity index (χ1v) is 5.09. The largest absolute Gasteiger partial charge is 0.397 e. The van der Waals surface area contributed by atoms with Crippen molar-refractivity contribution in [2.45, 2.75) is 6.54 Å². The first-order valence-electron chi connectivity index (χ1n) is 5.09. The number of nitrogen functional groups attached to an aromatic ring is 1. The van der Waals surface area contributed by atoms with Gasteiger partial charge < -0.3 is 11.1 Å². The predicted molar refractivity (Wildman–Crippen MR) is 61.0 cm³/mol. The third kappa shape index (κ3) is 3.00. The lowest BCUT2D eigenvalue weighted by Gasteiger charge is -2.04. The van der Waals surface area contributed by atoms with Crippen LogP contribution in [0.1, 0.15) is 10.5 Å². The molecule has 0 unspecified atom stereocenters. The summed E-state index contributed by atoms with van der Waals surface area (Å²) in [6.07, 6.45) is 4.77. The summed E-state index contributed by atoms with van der Waals surface area (Å²) in [4.78, 5) is 15.5. The number of aromatic nitrogens is 4. The summed E-state index contributed by atoms with van der Waals surface area (Å²) >= 11 is 0. The Morgan fingerprint density at radius 2 is 2.35 bits per heavy atom. The zero-order valence-corrected chi connectivity index (χ0v) is 9.08. The summed E-state index contributed by atoms with van der Waals surface area (Å²) in [6.45, 7) is 1.04. The van der Waals surface area contributed by atoms with E-state index in [4.69, 9.17) is 5.73 Å². The third-order valence-corrected chi connectivity index (χ3v) is 2.12. The number of hydrogen-bond acceptors (Lipinski definition) is 5. The van der Waals surface area contributed by atoms with Crippen LogP contribution in [0.15, 0.2) is 30.7 Å². The average molecular weight is 232 g/mol. The minimum absolute atomic E-state index is 0.231. The molecule has 0 aliphatic carbocycles. The summed E-state index contributed by atoms with van der Waals surface area (Å²) < 4.78 is 1.64. The summed E-state index contributed by atoms with van der Waals surface area (Å²) in [5.41, 5.74) is 6.36. The van der Waals surface area contributed by atoms with Gasteiger partial charge in [0.2, 0.25) is 0 Å². The number of anilines is 1. The van der Waals surface area contributed by atoms with Crippen LogP contribution in [0.3, 0.4) is 0 Å². The molecule has 2 rings (SSSR count). The molecule has 1 amide bonds. The standard InChI is InChI=1S/C10H12N6O/c11-8-1-2-9(13-7-8)10(17)12-3-5-16-6-4-14-15-16/h1-2,4,6-7H,3,5,11H2,(H,12,17). The van der Waals surface area contributed by atoms with Gasteiger partial charge in [-0.3, -0.25) is 9.48 Å². The van der Waals surface area contributed by atoms with Gasteiger partial charge in [-0.25, -0.2) is 4.98 Å². The first kappa shape index (κ1) is 11.1. The van der Waals surface area contributed by atoms with Crippen LogP contribution in [0.4, 0.5) is 5.69 Å².